The Labute approximate surface area is 204 Å². The number of rotatable bonds is 4. The smallest absolute Gasteiger partial charge is 0.236 e. The molecule has 37 heavy (non-hydrogen) atoms. The normalized spacial score (nSPS) is 11.8. The number of pyridine rings is 2. The Kier molecular flexibility index (Phi) is 6.47. The summed E-state index contributed by atoms with van der Waals surface area (Å²) in [5, 5.41) is 7.54. The van der Waals surface area contributed by atoms with E-state index in [0.29, 0.717) is 12.1 Å². The zero-order valence-corrected chi connectivity index (χ0v) is 18.8. The Balaban J connectivity index is 1.81. The summed E-state index contributed by atoms with van der Waals surface area (Å²) in [6.45, 7) is 0. The molecule has 0 fully saturated rings. The predicted octanol–water partition coefficient (Wildman–Crippen LogP) is 6.09. The minimum Gasteiger partial charge on any atom is -0.236 e. The van der Waals surface area contributed by atoms with Crippen LogP contribution < -0.4 is 0 Å². The van der Waals surface area contributed by atoms with Gasteiger partial charge in [0.2, 0.25) is 9.84 Å². The molecule has 0 bridgehead atoms. The second kappa shape index (κ2) is 9.29. The van der Waals surface area contributed by atoms with Crippen LogP contribution >= 0.6 is 0 Å². The zero-order chi connectivity index (χ0) is 27.1. The summed E-state index contributed by atoms with van der Waals surface area (Å²) in [7, 11) is -4.60. The minimum absolute atomic E-state index is 0.273. The average Bonchev–Trinajstić information content (AvgIpc) is 2.84. The third kappa shape index (κ3) is 4.63. The lowest BCUT2D eigenvalue weighted by Gasteiger charge is -2.13. The number of hydrogen-bond donors (Lipinski definition) is 0. The zero-order valence-electron chi connectivity index (χ0n) is 18.0. The average molecular weight is 537 g/mol. The summed E-state index contributed by atoms with van der Waals surface area (Å²) in [5.41, 5.74) is -5.04. The minimum atomic E-state index is -5.36. The van der Waals surface area contributed by atoms with Crippen molar-refractivity contribution in [3.63, 3.8) is 0 Å². The molecule has 5 nitrogen and oxygen atoms in total. The second-order valence-electron chi connectivity index (χ2n) is 7.40. The molecule has 4 aromatic rings. The Bertz CT molecular complexity index is 1700. The molecule has 0 N–H and O–H groups in total. The fraction of sp³-hybridized carbons (Fsp3) is 0.0417. The molecule has 188 valence electrons. The summed E-state index contributed by atoms with van der Waals surface area (Å²) in [6, 6.07) is 10.6. The highest BCUT2D eigenvalue weighted by molar-refractivity contribution is 7.91. The van der Waals surface area contributed by atoms with Crippen LogP contribution in [0.1, 0.15) is 11.1 Å². The molecular formula is C24H10F7N3O2S. The first-order chi connectivity index (χ1) is 17.4. The molecule has 2 aromatic carbocycles. The van der Waals surface area contributed by atoms with E-state index in [9.17, 15) is 39.2 Å². The van der Waals surface area contributed by atoms with E-state index in [0.717, 1.165) is 36.4 Å². The summed E-state index contributed by atoms with van der Waals surface area (Å²) in [6.07, 6.45) is -5.36. The molecule has 0 spiro atoms. The maximum absolute atomic E-state index is 14.6. The molecule has 0 radical (unpaired) electrons. The molecule has 4 rings (SSSR count). The van der Waals surface area contributed by atoms with E-state index in [2.05, 4.69) is 9.97 Å². The van der Waals surface area contributed by atoms with Crippen molar-refractivity contribution in [2.75, 3.05) is 0 Å². The van der Waals surface area contributed by atoms with Gasteiger partial charge in [-0.25, -0.2) is 35.9 Å². The molecule has 2 heterocycles. The van der Waals surface area contributed by atoms with E-state index < -0.39 is 71.7 Å². The van der Waals surface area contributed by atoms with Gasteiger partial charge in [-0.3, -0.25) is 0 Å². The lowest BCUT2D eigenvalue weighted by molar-refractivity contribution is -0.142. The predicted molar refractivity (Wildman–Crippen MR) is 114 cm³/mol. The standard InChI is InChI=1S/C24H10F7N3O2S/c25-15-9-7-12(22(27)14(15)11-32)17-3-1-5-19(33-17)37(35,36)20-6-2-4-18(34-20)13-8-10-16(26)21(23(13)28)24(29,30)31/h1-10H. The number of sulfone groups is 1. The van der Waals surface area contributed by atoms with Gasteiger partial charge < -0.3 is 0 Å². The molecular weight excluding hydrogens is 527 g/mol. The quantitative estimate of drug-likeness (QED) is 0.294. The van der Waals surface area contributed by atoms with Crippen molar-refractivity contribution in [1.29, 1.82) is 5.26 Å². The largest absolute Gasteiger partial charge is 0.422 e. The molecule has 0 atom stereocenters. The van der Waals surface area contributed by atoms with Crippen molar-refractivity contribution in [3.05, 3.63) is 95.1 Å². The molecule has 0 amide bonds. The van der Waals surface area contributed by atoms with Gasteiger partial charge in [0.05, 0.1) is 11.4 Å². The highest BCUT2D eigenvalue weighted by Gasteiger charge is 2.39. The molecule has 0 aliphatic carbocycles. The van der Waals surface area contributed by atoms with Crippen LogP contribution in [0.15, 0.2) is 70.7 Å². The van der Waals surface area contributed by atoms with Crippen LogP contribution in [0.2, 0.25) is 0 Å². The second-order valence-corrected chi connectivity index (χ2v) is 9.25. The molecule has 0 aliphatic rings. The number of nitriles is 1. The topological polar surface area (TPSA) is 83.7 Å². The van der Waals surface area contributed by atoms with Crippen molar-refractivity contribution in [1.82, 2.24) is 9.97 Å². The Morgan fingerprint density at radius 1 is 0.703 bits per heavy atom. The number of nitrogens with zero attached hydrogens (tertiary/aromatic N) is 3. The van der Waals surface area contributed by atoms with Gasteiger partial charge in [-0.15, -0.1) is 0 Å². The van der Waals surface area contributed by atoms with Crippen LogP contribution in [0, 0.1) is 34.6 Å². The van der Waals surface area contributed by atoms with Gasteiger partial charge in [0.25, 0.3) is 0 Å². The van der Waals surface area contributed by atoms with Gasteiger partial charge in [-0.1, -0.05) is 12.1 Å². The van der Waals surface area contributed by atoms with Crippen LogP contribution in [0.25, 0.3) is 22.5 Å². The molecule has 2 aromatic heterocycles. The molecule has 0 unspecified atom stereocenters. The third-order valence-corrected chi connectivity index (χ3v) is 6.68. The summed E-state index contributed by atoms with van der Waals surface area (Å²) in [4.78, 5) is 7.60. The van der Waals surface area contributed by atoms with Crippen LogP contribution in [0.5, 0.6) is 0 Å². The highest BCUT2D eigenvalue weighted by atomic mass is 32.2. The van der Waals surface area contributed by atoms with E-state index in [1.54, 1.807) is 0 Å². The number of alkyl halides is 3. The summed E-state index contributed by atoms with van der Waals surface area (Å²) >= 11 is 0. The Hall–Kier alpha value is -4.31. The fourth-order valence-corrected chi connectivity index (χ4v) is 4.57. The third-order valence-electron chi connectivity index (χ3n) is 5.13. The molecule has 13 heteroatoms. The maximum atomic E-state index is 14.6. The van der Waals surface area contributed by atoms with Crippen LogP contribution in [-0.4, -0.2) is 18.4 Å². The van der Waals surface area contributed by atoms with E-state index >= 15 is 0 Å². The first kappa shape index (κ1) is 25.8. The van der Waals surface area contributed by atoms with Crippen molar-refractivity contribution in [2.24, 2.45) is 0 Å². The number of hydrogen-bond acceptors (Lipinski definition) is 5. The Morgan fingerprint density at radius 3 is 1.68 bits per heavy atom. The number of aromatic nitrogens is 2. The fourth-order valence-electron chi connectivity index (χ4n) is 3.40. The van der Waals surface area contributed by atoms with E-state index in [4.69, 9.17) is 5.26 Å². The van der Waals surface area contributed by atoms with Gasteiger partial charge in [-0.05, 0) is 48.5 Å². The lowest BCUT2D eigenvalue weighted by atomic mass is 10.1. The van der Waals surface area contributed by atoms with Crippen molar-refractivity contribution < 1.29 is 39.2 Å². The van der Waals surface area contributed by atoms with Gasteiger partial charge in [0.1, 0.15) is 34.6 Å². The highest BCUT2D eigenvalue weighted by Crippen LogP contribution is 2.37. The SMILES string of the molecule is N#Cc1c(F)ccc(-c2cccc(S(=O)(=O)c3cccc(-c4ccc(F)c(C(F)(F)F)c4F)n3)n2)c1F. The number of benzene rings is 2. The van der Waals surface area contributed by atoms with E-state index in [1.807, 2.05) is 0 Å². The first-order valence-electron chi connectivity index (χ1n) is 9.99. The number of halogens is 7. The summed E-state index contributed by atoms with van der Waals surface area (Å²) in [5.74, 6) is -6.23. The van der Waals surface area contributed by atoms with Crippen LogP contribution in [0.4, 0.5) is 30.7 Å². The van der Waals surface area contributed by atoms with Gasteiger partial charge in [0, 0.05) is 11.1 Å². The van der Waals surface area contributed by atoms with Crippen molar-refractivity contribution in [2.45, 2.75) is 16.2 Å². The van der Waals surface area contributed by atoms with Gasteiger partial charge in [0.15, 0.2) is 15.9 Å². The molecule has 0 aliphatic heterocycles. The monoisotopic (exact) mass is 537 g/mol. The molecule has 0 saturated carbocycles. The van der Waals surface area contributed by atoms with E-state index in [1.165, 1.54) is 18.2 Å². The van der Waals surface area contributed by atoms with E-state index in [-0.39, 0.29) is 11.3 Å². The molecule has 0 saturated heterocycles. The van der Waals surface area contributed by atoms with Crippen molar-refractivity contribution in [3.8, 4) is 28.6 Å². The first-order valence-corrected chi connectivity index (χ1v) is 11.5. The van der Waals surface area contributed by atoms with Crippen molar-refractivity contribution >= 4 is 9.84 Å². The Morgan fingerprint density at radius 2 is 1.19 bits per heavy atom. The maximum Gasteiger partial charge on any atom is 0.422 e. The van der Waals surface area contributed by atoms with Crippen LogP contribution in [0.3, 0.4) is 0 Å². The van der Waals surface area contributed by atoms with Gasteiger partial charge in [-0.2, -0.15) is 18.4 Å². The van der Waals surface area contributed by atoms with Crippen LogP contribution in [-0.2, 0) is 16.0 Å². The summed E-state index contributed by atoms with van der Waals surface area (Å²) < 4.78 is 122. The lowest BCUT2D eigenvalue weighted by Crippen LogP contribution is -2.13. The van der Waals surface area contributed by atoms with Gasteiger partial charge >= 0.3 is 6.18 Å².